The van der Waals surface area contributed by atoms with Crippen LogP contribution >= 0.6 is 0 Å². The van der Waals surface area contributed by atoms with Gasteiger partial charge in [-0.05, 0) is 26.7 Å². The predicted molar refractivity (Wildman–Crippen MR) is 44.1 cm³/mol. The van der Waals surface area contributed by atoms with Crippen LogP contribution in [0.15, 0.2) is 4.99 Å². The summed E-state index contributed by atoms with van der Waals surface area (Å²) >= 11 is 0. The number of hydrogen-bond acceptors (Lipinski definition) is 1. The summed E-state index contributed by atoms with van der Waals surface area (Å²) in [6.45, 7) is 6.28. The molecule has 0 spiro atoms. The molecule has 0 bridgehead atoms. The number of rotatable bonds is 2. The first-order valence-electron chi connectivity index (χ1n) is 3.88. The molecule has 0 aromatic heterocycles. The summed E-state index contributed by atoms with van der Waals surface area (Å²) in [6, 6.07) is 0.345. The maximum Gasteiger partial charge on any atom is 0.1000 e. The lowest BCUT2D eigenvalue weighted by Crippen LogP contribution is -2.23. The molecule has 1 aliphatic carbocycles. The summed E-state index contributed by atoms with van der Waals surface area (Å²) in [5.74, 6) is 0.850. The second kappa shape index (κ2) is 2.26. The number of nitrogens with zero attached hydrogens (tertiary/aromatic N) is 1. The van der Waals surface area contributed by atoms with Crippen molar-refractivity contribution in [1.29, 1.82) is 0 Å². The van der Waals surface area contributed by atoms with Gasteiger partial charge in [0.2, 0.25) is 0 Å². The molecule has 0 radical (unpaired) electrons. The van der Waals surface area contributed by atoms with Crippen molar-refractivity contribution < 1.29 is 0 Å². The molecule has 0 saturated heterocycles. The summed E-state index contributed by atoms with van der Waals surface area (Å²) in [6.07, 6.45) is 2.43. The summed E-state index contributed by atoms with van der Waals surface area (Å²) in [7, 11) is 0. The van der Waals surface area contributed by atoms with Gasteiger partial charge >= 0.3 is 0 Å². The normalized spacial score (nSPS) is 23.4. The van der Waals surface area contributed by atoms with Crippen LogP contribution in [0.1, 0.15) is 33.6 Å². The van der Waals surface area contributed by atoms with Gasteiger partial charge in [0.1, 0.15) is 0 Å². The fraction of sp³-hybridized carbons (Fsp3) is 0.875. The zero-order valence-electron chi connectivity index (χ0n) is 7.02. The average molecular weight is 140 g/mol. The monoisotopic (exact) mass is 140 g/mol. The fourth-order valence-electron chi connectivity index (χ4n) is 0.878. The van der Waals surface area contributed by atoms with Gasteiger partial charge < -0.3 is 5.73 Å². The fourth-order valence-corrected chi connectivity index (χ4v) is 0.878. The molecule has 1 aliphatic rings. The van der Waals surface area contributed by atoms with Crippen molar-refractivity contribution in [2.24, 2.45) is 16.1 Å². The largest absolute Gasteiger partial charge is 0.387 e. The minimum atomic E-state index is 0.268. The molecule has 0 aromatic rings. The Morgan fingerprint density at radius 1 is 1.50 bits per heavy atom. The lowest BCUT2D eigenvalue weighted by Gasteiger charge is -2.08. The van der Waals surface area contributed by atoms with E-state index in [2.05, 4.69) is 25.8 Å². The molecular formula is C8H16N2. The highest BCUT2D eigenvalue weighted by Gasteiger charge is 2.41. The first kappa shape index (κ1) is 7.58. The number of amidine groups is 1. The molecule has 0 aliphatic heterocycles. The van der Waals surface area contributed by atoms with Crippen LogP contribution in [0.3, 0.4) is 0 Å². The summed E-state index contributed by atoms with van der Waals surface area (Å²) in [4.78, 5) is 4.31. The van der Waals surface area contributed by atoms with Crippen LogP contribution in [0.4, 0.5) is 0 Å². The summed E-state index contributed by atoms with van der Waals surface area (Å²) in [5.41, 5.74) is 6.03. The van der Waals surface area contributed by atoms with Gasteiger partial charge in [0.15, 0.2) is 0 Å². The Hall–Kier alpha value is -0.530. The highest BCUT2D eigenvalue weighted by atomic mass is 14.9. The van der Waals surface area contributed by atoms with Crippen LogP contribution in [-0.2, 0) is 0 Å². The lowest BCUT2D eigenvalue weighted by molar-refractivity contribution is 0.750. The van der Waals surface area contributed by atoms with E-state index in [0.717, 1.165) is 5.84 Å². The molecule has 0 amide bonds. The van der Waals surface area contributed by atoms with E-state index in [1.807, 2.05) is 0 Å². The Balaban J connectivity index is 2.55. The molecule has 1 fully saturated rings. The molecule has 1 rings (SSSR count). The van der Waals surface area contributed by atoms with Crippen molar-refractivity contribution in [3.63, 3.8) is 0 Å². The standard InChI is InChI=1S/C8H16N2/c1-6(2)10-7(9)8(3)4-5-8/h6H,4-5H2,1-3H3,(H2,9,10). The average Bonchev–Trinajstić information content (AvgIpc) is 2.47. The highest BCUT2D eigenvalue weighted by Crippen LogP contribution is 2.45. The lowest BCUT2D eigenvalue weighted by atomic mass is 10.1. The van der Waals surface area contributed by atoms with E-state index in [0.29, 0.717) is 6.04 Å². The van der Waals surface area contributed by atoms with Crippen LogP contribution in [-0.4, -0.2) is 11.9 Å². The van der Waals surface area contributed by atoms with Gasteiger partial charge in [-0.1, -0.05) is 6.92 Å². The SMILES string of the molecule is CC(C)N=C(N)C1(C)CC1. The van der Waals surface area contributed by atoms with Crippen molar-refractivity contribution in [3.05, 3.63) is 0 Å². The summed E-state index contributed by atoms with van der Waals surface area (Å²) in [5, 5.41) is 0. The zero-order chi connectivity index (χ0) is 7.78. The van der Waals surface area contributed by atoms with Gasteiger partial charge in [-0.15, -0.1) is 0 Å². The molecule has 2 N–H and O–H groups in total. The maximum atomic E-state index is 5.76. The van der Waals surface area contributed by atoms with Crippen LogP contribution in [0, 0.1) is 5.41 Å². The molecular weight excluding hydrogens is 124 g/mol. The van der Waals surface area contributed by atoms with Gasteiger partial charge in [-0.3, -0.25) is 4.99 Å². The molecule has 0 unspecified atom stereocenters. The highest BCUT2D eigenvalue weighted by molar-refractivity contribution is 5.88. The first-order valence-corrected chi connectivity index (χ1v) is 3.88. The van der Waals surface area contributed by atoms with Crippen LogP contribution < -0.4 is 5.73 Å². The van der Waals surface area contributed by atoms with E-state index >= 15 is 0 Å². The Bertz CT molecular complexity index is 155. The third-order valence-electron chi connectivity index (χ3n) is 2.02. The molecule has 0 atom stereocenters. The van der Waals surface area contributed by atoms with E-state index < -0.39 is 0 Å². The van der Waals surface area contributed by atoms with E-state index in [-0.39, 0.29) is 5.41 Å². The second-order valence-electron chi connectivity index (χ2n) is 3.67. The van der Waals surface area contributed by atoms with Gasteiger partial charge in [0, 0.05) is 11.5 Å². The number of nitrogens with two attached hydrogens (primary N) is 1. The molecule has 2 nitrogen and oxygen atoms in total. The zero-order valence-corrected chi connectivity index (χ0v) is 7.02. The minimum absolute atomic E-state index is 0.268. The minimum Gasteiger partial charge on any atom is -0.387 e. The van der Waals surface area contributed by atoms with Crippen molar-refractivity contribution in [3.8, 4) is 0 Å². The van der Waals surface area contributed by atoms with Gasteiger partial charge in [0.25, 0.3) is 0 Å². The maximum absolute atomic E-state index is 5.76. The number of hydrogen-bond donors (Lipinski definition) is 1. The second-order valence-corrected chi connectivity index (χ2v) is 3.67. The first-order chi connectivity index (χ1) is 4.54. The van der Waals surface area contributed by atoms with Crippen LogP contribution in [0.5, 0.6) is 0 Å². The Kier molecular flexibility index (Phi) is 1.71. The van der Waals surface area contributed by atoms with Crippen molar-refractivity contribution >= 4 is 5.84 Å². The predicted octanol–water partition coefficient (Wildman–Crippen LogP) is 1.55. The van der Waals surface area contributed by atoms with Crippen molar-refractivity contribution in [2.75, 3.05) is 0 Å². The topological polar surface area (TPSA) is 38.4 Å². The summed E-state index contributed by atoms with van der Waals surface area (Å²) < 4.78 is 0. The van der Waals surface area contributed by atoms with E-state index in [1.54, 1.807) is 0 Å². The molecule has 2 heteroatoms. The van der Waals surface area contributed by atoms with E-state index in [1.165, 1.54) is 12.8 Å². The van der Waals surface area contributed by atoms with Crippen molar-refractivity contribution in [1.82, 2.24) is 0 Å². The Morgan fingerprint density at radius 2 is 2.00 bits per heavy atom. The third kappa shape index (κ3) is 1.49. The quantitative estimate of drug-likeness (QED) is 0.458. The molecule has 10 heavy (non-hydrogen) atoms. The van der Waals surface area contributed by atoms with Gasteiger partial charge in [-0.25, -0.2) is 0 Å². The Morgan fingerprint density at radius 3 is 2.30 bits per heavy atom. The van der Waals surface area contributed by atoms with E-state index in [9.17, 15) is 0 Å². The van der Waals surface area contributed by atoms with Crippen LogP contribution in [0.2, 0.25) is 0 Å². The van der Waals surface area contributed by atoms with Gasteiger partial charge in [-0.2, -0.15) is 0 Å². The molecule has 0 aromatic carbocycles. The van der Waals surface area contributed by atoms with Crippen LogP contribution in [0.25, 0.3) is 0 Å². The smallest absolute Gasteiger partial charge is 0.1000 e. The third-order valence-corrected chi connectivity index (χ3v) is 2.02. The molecule has 0 heterocycles. The molecule has 1 saturated carbocycles. The number of aliphatic imine (C=N–C) groups is 1. The van der Waals surface area contributed by atoms with Crippen molar-refractivity contribution in [2.45, 2.75) is 39.7 Å². The molecule has 58 valence electrons. The van der Waals surface area contributed by atoms with E-state index in [4.69, 9.17) is 5.73 Å². The van der Waals surface area contributed by atoms with Gasteiger partial charge in [0.05, 0.1) is 5.84 Å². The Labute approximate surface area is 62.5 Å².